The Morgan fingerprint density at radius 1 is 1.30 bits per heavy atom. The van der Waals surface area contributed by atoms with Crippen molar-refractivity contribution in [3.8, 4) is 0 Å². The van der Waals surface area contributed by atoms with Crippen LogP contribution in [-0.2, 0) is 4.79 Å². The van der Waals surface area contributed by atoms with Gasteiger partial charge in [0, 0.05) is 6.54 Å². The summed E-state index contributed by atoms with van der Waals surface area (Å²) in [5.74, 6) is 0.560. The fourth-order valence-electron chi connectivity index (χ4n) is 2.99. The van der Waals surface area contributed by atoms with Crippen molar-refractivity contribution in [2.24, 2.45) is 5.92 Å². The molecule has 0 radical (unpaired) electrons. The van der Waals surface area contributed by atoms with E-state index in [0.717, 1.165) is 13.0 Å². The van der Waals surface area contributed by atoms with Gasteiger partial charge in [0.1, 0.15) is 6.17 Å². The lowest BCUT2D eigenvalue weighted by Gasteiger charge is -2.25. The van der Waals surface area contributed by atoms with Crippen LogP contribution in [0.1, 0.15) is 50.0 Å². The molecule has 3 nitrogen and oxygen atoms in total. The van der Waals surface area contributed by atoms with Crippen molar-refractivity contribution >= 4 is 5.91 Å². The molecule has 1 amide bonds. The second kappa shape index (κ2) is 5.96. The predicted molar refractivity (Wildman–Crippen MR) is 82.4 cm³/mol. The van der Waals surface area contributed by atoms with Crippen molar-refractivity contribution in [3.63, 3.8) is 0 Å². The van der Waals surface area contributed by atoms with Crippen LogP contribution in [0, 0.1) is 19.8 Å². The van der Waals surface area contributed by atoms with Crippen molar-refractivity contribution in [2.45, 2.75) is 53.2 Å². The number of aryl methyl sites for hydroxylation is 2. The van der Waals surface area contributed by atoms with Crippen LogP contribution in [0.5, 0.6) is 0 Å². The number of carbonyl (C=O) groups excluding carboxylic acids is 1. The van der Waals surface area contributed by atoms with E-state index >= 15 is 0 Å². The highest BCUT2D eigenvalue weighted by molar-refractivity contribution is 5.85. The van der Waals surface area contributed by atoms with Gasteiger partial charge in [0.15, 0.2) is 0 Å². The number of hydrogen-bond acceptors (Lipinski definition) is 2. The standard InChI is InChI=1S/C17H26N2O/c1-6-9-19-16(18-15(11(2)3)17(19)20)14-8-7-12(4)10-13(14)5/h7-8,10-11,15-16,18H,6,9H2,1-5H3. The van der Waals surface area contributed by atoms with Gasteiger partial charge in [-0.2, -0.15) is 0 Å². The van der Waals surface area contributed by atoms with Gasteiger partial charge in [0.25, 0.3) is 0 Å². The Labute approximate surface area is 122 Å². The van der Waals surface area contributed by atoms with Crippen molar-refractivity contribution in [3.05, 3.63) is 34.9 Å². The maximum atomic E-state index is 12.6. The topological polar surface area (TPSA) is 32.3 Å². The van der Waals surface area contributed by atoms with Gasteiger partial charge in [-0.05, 0) is 37.3 Å². The summed E-state index contributed by atoms with van der Waals surface area (Å²) in [5.41, 5.74) is 3.74. The van der Waals surface area contributed by atoms with Crippen molar-refractivity contribution in [1.29, 1.82) is 0 Å². The highest BCUT2D eigenvalue weighted by Crippen LogP contribution is 2.30. The van der Waals surface area contributed by atoms with E-state index in [4.69, 9.17) is 0 Å². The zero-order chi connectivity index (χ0) is 14.9. The molecule has 2 unspecified atom stereocenters. The summed E-state index contributed by atoms with van der Waals surface area (Å²) in [4.78, 5) is 14.6. The first-order valence-corrected chi connectivity index (χ1v) is 7.59. The van der Waals surface area contributed by atoms with E-state index in [-0.39, 0.29) is 18.1 Å². The second-order valence-electron chi connectivity index (χ2n) is 6.18. The smallest absolute Gasteiger partial charge is 0.241 e. The molecule has 1 aromatic rings. The predicted octanol–water partition coefficient (Wildman–Crippen LogP) is 3.17. The van der Waals surface area contributed by atoms with Crippen molar-refractivity contribution < 1.29 is 4.79 Å². The minimum absolute atomic E-state index is 0.0236. The van der Waals surface area contributed by atoms with Gasteiger partial charge in [0.05, 0.1) is 6.04 Å². The quantitative estimate of drug-likeness (QED) is 0.914. The number of carbonyl (C=O) groups is 1. The fourth-order valence-corrected chi connectivity index (χ4v) is 2.99. The lowest BCUT2D eigenvalue weighted by atomic mass is 10.0. The average molecular weight is 274 g/mol. The van der Waals surface area contributed by atoms with Crippen LogP contribution >= 0.6 is 0 Å². The maximum absolute atomic E-state index is 12.6. The molecule has 0 bridgehead atoms. The van der Waals surface area contributed by atoms with Crippen LogP contribution < -0.4 is 5.32 Å². The van der Waals surface area contributed by atoms with Gasteiger partial charge in [-0.3, -0.25) is 10.1 Å². The van der Waals surface area contributed by atoms with E-state index < -0.39 is 0 Å². The molecule has 0 spiro atoms. The van der Waals surface area contributed by atoms with Gasteiger partial charge < -0.3 is 4.90 Å². The molecule has 1 saturated heterocycles. The van der Waals surface area contributed by atoms with Gasteiger partial charge in [-0.15, -0.1) is 0 Å². The lowest BCUT2D eigenvalue weighted by Crippen LogP contribution is -2.34. The van der Waals surface area contributed by atoms with E-state index in [1.165, 1.54) is 16.7 Å². The third-order valence-corrected chi connectivity index (χ3v) is 4.05. The van der Waals surface area contributed by atoms with Gasteiger partial charge >= 0.3 is 0 Å². The summed E-state index contributed by atoms with van der Waals surface area (Å²) in [7, 11) is 0. The summed E-state index contributed by atoms with van der Waals surface area (Å²) in [6, 6.07) is 6.41. The minimum Gasteiger partial charge on any atom is -0.322 e. The molecular formula is C17H26N2O. The van der Waals surface area contributed by atoms with E-state index in [1.54, 1.807) is 0 Å². The first kappa shape index (κ1) is 15.0. The Kier molecular flexibility index (Phi) is 4.48. The SMILES string of the molecule is CCCN1C(=O)C(C(C)C)NC1c1ccc(C)cc1C. The molecule has 1 heterocycles. The third-order valence-electron chi connectivity index (χ3n) is 4.05. The lowest BCUT2D eigenvalue weighted by molar-refractivity contribution is -0.130. The minimum atomic E-state index is -0.0627. The molecule has 2 rings (SSSR count). The summed E-state index contributed by atoms with van der Waals surface area (Å²) >= 11 is 0. The van der Waals surface area contributed by atoms with Crippen LogP contribution in [0.15, 0.2) is 18.2 Å². The fraction of sp³-hybridized carbons (Fsp3) is 0.588. The molecule has 1 N–H and O–H groups in total. The molecule has 3 heteroatoms. The number of amides is 1. The van der Waals surface area contributed by atoms with Crippen LogP contribution in [0.3, 0.4) is 0 Å². The van der Waals surface area contributed by atoms with E-state index in [2.05, 4.69) is 58.1 Å². The van der Waals surface area contributed by atoms with Gasteiger partial charge in [0.2, 0.25) is 5.91 Å². The second-order valence-corrected chi connectivity index (χ2v) is 6.18. The number of nitrogens with one attached hydrogen (secondary N) is 1. The van der Waals surface area contributed by atoms with E-state index in [0.29, 0.717) is 5.92 Å². The molecule has 20 heavy (non-hydrogen) atoms. The largest absolute Gasteiger partial charge is 0.322 e. The molecule has 1 aliphatic rings. The zero-order valence-corrected chi connectivity index (χ0v) is 13.2. The zero-order valence-electron chi connectivity index (χ0n) is 13.2. The molecule has 1 fully saturated rings. The van der Waals surface area contributed by atoms with Crippen molar-refractivity contribution in [1.82, 2.24) is 10.2 Å². The number of benzene rings is 1. The van der Waals surface area contributed by atoms with Gasteiger partial charge in [-0.1, -0.05) is 44.5 Å². The number of hydrogen-bond donors (Lipinski definition) is 1. The molecule has 1 aromatic carbocycles. The number of nitrogens with zero attached hydrogens (tertiary/aromatic N) is 1. The third kappa shape index (κ3) is 2.73. The highest BCUT2D eigenvalue weighted by atomic mass is 16.2. The van der Waals surface area contributed by atoms with Gasteiger partial charge in [-0.25, -0.2) is 0 Å². The first-order valence-electron chi connectivity index (χ1n) is 7.59. The van der Waals surface area contributed by atoms with Crippen molar-refractivity contribution in [2.75, 3.05) is 6.54 Å². The Balaban J connectivity index is 2.35. The molecule has 2 atom stereocenters. The molecule has 1 aliphatic heterocycles. The molecular weight excluding hydrogens is 248 g/mol. The number of rotatable bonds is 4. The van der Waals surface area contributed by atoms with Crippen LogP contribution in [0.25, 0.3) is 0 Å². The Bertz CT molecular complexity index is 496. The summed E-state index contributed by atoms with van der Waals surface area (Å²) < 4.78 is 0. The summed E-state index contributed by atoms with van der Waals surface area (Å²) in [6.07, 6.45) is 1.01. The first-order chi connectivity index (χ1) is 9.45. The maximum Gasteiger partial charge on any atom is 0.241 e. The molecule has 110 valence electrons. The Morgan fingerprint density at radius 2 is 2.00 bits per heavy atom. The highest BCUT2D eigenvalue weighted by Gasteiger charge is 2.40. The van der Waals surface area contributed by atoms with Crippen LogP contribution in [0.4, 0.5) is 0 Å². The Hall–Kier alpha value is -1.35. The monoisotopic (exact) mass is 274 g/mol. The summed E-state index contributed by atoms with van der Waals surface area (Å²) in [5, 5.41) is 3.53. The molecule has 0 aliphatic carbocycles. The van der Waals surface area contributed by atoms with E-state index in [1.807, 2.05) is 4.90 Å². The normalized spacial score (nSPS) is 22.9. The van der Waals surface area contributed by atoms with Crippen LogP contribution in [0.2, 0.25) is 0 Å². The summed E-state index contributed by atoms with van der Waals surface area (Å²) in [6.45, 7) is 11.4. The molecule has 0 saturated carbocycles. The van der Waals surface area contributed by atoms with E-state index in [9.17, 15) is 4.79 Å². The average Bonchev–Trinajstić information content (AvgIpc) is 2.68. The molecule has 0 aromatic heterocycles. The Morgan fingerprint density at radius 3 is 2.55 bits per heavy atom. The van der Waals surface area contributed by atoms with Crippen LogP contribution in [-0.4, -0.2) is 23.4 Å².